The van der Waals surface area contributed by atoms with Crippen LogP contribution in [0, 0.1) is 0 Å². The smallest absolute Gasteiger partial charge is 0.317 e. The number of ether oxygens (including phenoxy) is 1. The van der Waals surface area contributed by atoms with Gasteiger partial charge in [-0.25, -0.2) is 18.2 Å². The maximum Gasteiger partial charge on any atom is 0.317 e. The summed E-state index contributed by atoms with van der Waals surface area (Å²) in [6.45, 7) is 2.24. The molecule has 1 aromatic heterocycles. The fraction of sp³-hybridized carbons (Fsp3) is 0.500. The van der Waals surface area contributed by atoms with E-state index >= 15 is 0 Å². The largest absolute Gasteiger partial charge is 0.469 e. The number of benzene rings is 1. The number of nitrogens with one attached hydrogen (secondary N) is 3. The van der Waals surface area contributed by atoms with Crippen LogP contribution in [0.3, 0.4) is 0 Å². The molecule has 37 heavy (non-hydrogen) atoms. The van der Waals surface area contributed by atoms with E-state index in [-0.39, 0.29) is 24.3 Å². The van der Waals surface area contributed by atoms with Gasteiger partial charge in [0.2, 0.25) is 10.0 Å². The Labute approximate surface area is 218 Å². The van der Waals surface area contributed by atoms with Gasteiger partial charge in [0.05, 0.1) is 19.8 Å². The van der Waals surface area contributed by atoms with E-state index in [9.17, 15) is 18.0 Å². The number of hydrogen-bond acceptors (Lipinski definition) is 7. The average Bonchev–Trinajstić information content (AvgIpc) is 3.04. The summed E-state index contributed by atoms with van der Waals surface area (Å²) in [5.74, 6) is 0.525. The predicted molar refractivity (Wildman–Crippen MR) is 142 cm³/mol. The van der Waals surface area contributed by atoms with Crippen molar-refractivity contribution in [1.82, 2.24) is 15.2 Å². The first kappa shape index (κ1) is 26.7. The molecule has 11 heteroatoms. The number of fused-ring (bicyclic) bond motifs is 2. The van der Waals surface area contributed by atoms with Crippen molar-refractivity contribution in [2.45, 2.75) is 51.0 Å². The number of carbonyl (C=O) groups is 2. The quantitative estimate of drug-likeness (QED) is 0.354. The first-order valence-corrected chi connectivity index (χ1v) is 14.5. The van der Waals surface area contributed by atoms with Gasteiger partial charge in [0.1, 0.15) is 5.82 Å². The lowest BCUT2D eigenvalue weighted by Crippen LogP contribution is -2.40. The van der Waals surface area contributed by atoms with Gasteiger partial charge in [0.15, 0.2) is 0 Å². The second-order valence-corrected chi connectivity index (χ2v) is 11.4. The molecule has 10 nitrogen and oxygen atoms in total. The molecule has 200 valence electrons. The highest BCUT2D eigenvalue weighted by atomic mass is 32.2. The van der Waals surface area contributed by atoms with E-state index in [1.807, 2.05) is 6.07 Å². The number of nitrogens with zero attached hydrogens (tertiary/aromatic N) is 2. The van der Waals surface area contributed by atoms with Gasteiger partial charge in [-0.2, -0.15) is 0 Å². The van der Waals surface area contributed by atoms with E-state index in [1.165, 1.54) is 12.7 Å². The Morgan fingerprint density at radius 3 is 2.84 bits per heavy atom. The molecule has 1 unspecified atom stereocenters. The third-order valence-electron chi connectivity index (χ3n) is 6.76. The zero-order valence-electron chi connectivity index (χ0n) is 21.4. The fourth-order valence-electron chi connectivity index (χ4n) is 4.92. The van der Waals surface area contributed by atoms with Crippen LogP contribution in [0.25, 0.3) is 0 Å². The van der Waals surface area contributed by atoms with Gasteiger partial charge in [-0.15, -0.1) is 0 Å². The zero-order valence-corrected chi connectivity index (χ0v) is 22.2. The van der Waals surface area contributed by atoms with Gasteiger partial charge >= 0.3 is 12.0 Å². The summed E-state index contributed by atoms with van der Waals surface area (Å²) in [5, 5.41) is 6.35. The lowest BCUT2D eigenvalue weighted by atomic mass is 9.90. The first-order valence-electron chi connectivity index (χ1n) is 12.6. The molecule has 0 fully saturated rings. The fourth-order valence-corrected chi connectivity index (χ4v) is 5.48. The molecule has 0 radical (unpaired) electrons. The van der Waals surface area contributed by atoms with Crippen molar-refractivity contribution in [2.75, 3.05) is 43.0 Å². The number of carbonyl (C=O) groups excluding carboxylic acids is 2. The average molecular weight is 530 g/mol. The molecule has 2 aliphatic heterocycles. The van der Waals surface area contributed by atoms with Crippen LogP contribution in [0.1, 0.15) is 54.0 Å². The Hall–Kier alpha value is -3.34. The molecule has 4 rings (SSSR count). The number of methoxy groups -OCH3 is 1. The summed E-state index contributed by atoms with van der Waals surface area (Å²) in [6.07, 6.45) is 5.58. The molecule has 0 saturated heterocycles. The molecule has 1 aromatic carbocycles. The standard InChI is InChI=1S/C26H35N5O5S/c1-36-24(32)16-19-11-14-31(17-20-15-22(9-10-23(19)20)30-37(2,34)35)26(33)28-13-4-6-21-8-7-18-5-3-12-27-25(18)29-21/h7-10,15,19,30H,3-6,11-14,16-17H2,1-2H3,(H,27,29)(H,28,33). The van der Waals surface area contributed by atoms with Crippen molar-refractivity contribution in [3.8, 4) is 0 Å². The van der Waals surface area contributed by atoms with Crippen LogP contribution in [0.15, 0.2) is 30.3 Å². The molecule has 0 bridgehead atoms. The van der Waals surface area contributed by atoms with E-state index in [4.69, 9.17) is 9.72 Å². The van der Waals surface area contributed by atoms with Crippen molar-refractivity contribution < 1.29 is 22.7 Å². The first-order chi connectivity index (χ1) is 17.7. The van der Waals surface area contributed by atoms with Crippen LogP contribution in [0.2, 0.25) is 0 Å². The van der Waals surface area contributed by atoms with Crippen LogP contribution in [0.5, 0.6) is 0 Å². The second-order valence-electron chi connectivity index (χ2n) is 9.65. The van der Waals surface area contributed by atoms with E-state index in [1.54, 1.807) is 17.0 Å². The zero-order chi connectivity index (χ0) is 26.4. The molecule has 2 aromatic rings. The highest BCUT2D eigenvalue weighted by Crippen LogP contribution is 2.33. The van der Waals surface area contributed by atoms with E-state index in [0.29, 0.717) is 31.7 Å². The maximum atomic E-state index is 13.0. The summed E-state index contributed by atoms with van der Waals surface area (Å²) < 4.78 is 30.8. The minimum Gasteiger partial charge on any atom is -0.469 e. The van der Waals surface area contributed by atoms with Gasteiger partial charge in [0, 0.05) is 37.6 Å². The minimum absolute atomic E-state index is 0.128. The Morgan fingerprint density at radius 1 is 1.22 bits per heavy atom. The number of rotatable bonds is 8. The number of hydrogen-bond donors (Lipinski definition) is 3. The second kappa shape index (κ2) is 11.8. The molecular weight excluding hydrogens is 494 g/mol. The van der Waals surface area contributed by atoms with Crippen LogP contribution in [0.4, 0.5) is 16.3 Å². The predicted octanol–water partition coefficient (Wildman–Crippen LogP) is 3.01. The van der Waals surface area contributed by atoms with Gasteiger partial charge in [-0.05, 0) is 72.9 Å². The topological polar surface area (TPSA) is 130 Å². The molecular formula is C26H35N5O5S. The van der Waals surface area contributed by atoms with E-state index in [0.717, 1.165) is 61.1 Å². The Kier molecular flexibility index (Phi) is 8.52. The van der Waals surface area contributed by atoms with Crippen molar-refractivity contribution in [2.24, 2.45) is 0 Å². The number of sulfonamides is 1. The van der Waals surface area contributed by atoms with Crippen molar-refractivity contribution >= 4 is 33.5 Å². The number of esters is 1. The number of aryl methyl sites for hydroxylation is 2. The number of amides is 2. The SMILES string of the molecule is COC(=O)CC1CCN(C(=O)NCCCc2ccc3c(n2)NCCC3)Cc2cc(NS(C)(=O)=O)ccc21. The van der Waals surface area contributed by atoms with Crippen LogP contribution in [-0.4, -0.2) is 63.3 Å². The van der Waals surface area contributed by atoms with Gasteiger partial charge in [-0.3, -0.25) is 9.52 Å². The molecule has 0 aliphatic carbocycles. The third kappa shape index (κ3) is 7.34. The molecule has 2 aliphatic rings. The number of pyridine rings is 1. The molecule has 1 atom stereocenters. The molecule has 3 heterocycles. The van der Waals surface area contributed by atoms with Crippen LogP contribution < -0.4 is 15.4 Å². The third-order valence-corrected chi connectivity index (χ3v) is 7.37. The molecule has 0 spiro atoms. The van der Waals surface area contributed by atoms with Gasteiger partial charge in [-0.1, -0.05) is 12.1 Å². The number of urea groups is 1. The summed E-state index contributed by atoms with van der Waals surface area (Å²) in [5.41, 5.74) is 4.41. The van der Waals surface area contributed by atoms with E-state index in [2.05, 4.69) is 27.5 Å². The maximum absolute atomic E-state index is 13.0. The van der Waals surface area contributed by atoms with Crippen molar-refractivity contribution in [1.29, 1.82) is 0 Å². The van der Waals surface area contributed by atoms with Crippen molar-refractivity contribution in [3.05, 3.63) is 52.7 Å². The van der Waals surface area contributed by atoms with Gasteiger partial charge in [0.25, 0.3) is 0 Å². The molecule has 0 saturated carbocycles. The Morgan fingerprint density at radius 2 is 2.05 bits per heavy atom. The summed E-state index contributed by atoms with van der Waals surface area (Å²) >= 11 is 0. The van der Waals surface area contributed by atoms with Gasteiger partial charge < -0.3 is 20.3 Å². The van der Waals surface area contributed by atoms with E-state index < -0.39 is 10.0 Å². The lowest BCUT2D eigenvalue weighted by Gasteiger charge is -2.22. The van der Waals surface area contributed by atoms with Crippen LogP contribution in [-0.2, 0) is 38.9 Å². The monoisotopic (exact) mass is 529 g/mol. The summed E-state index contributed by atoms with van der Waals surface area (Å²) in [4.78, 5) is 31.5. The molecule has 2 amide bonds. The number of anilines is 2. The highest BCUT2D eigenvalue weighted by Gasteiger charge is 2.27. The Balaban J connectivity index is 1.39. The normalized spacial score (nSPS) is 17.0. The highest BCUT2D eigenvalue weighted by molar-refractivity contribution is 7.92. The summed E-state index contributed by atoms with van der Waals surface area (Å²) in [7, 11) is -2.09. The molecule has 3 N–H and O–H groups in total. The van der Waals surface area contributed by atoms with Crippen LogP contribution >= 0.6 is 0 Å². The minimum atomic E-state index is -3.45. The Bertz CT molecular complexity index is 1250. The number of aromatic nitrogens is 1. The summed E-state index contributed by atoms with van der Waals surface area (Å²) in [6, 6.07) is 9.26. The lowest BCUT2D eigenvalue weighted by molar-refractivity contribution is -0.141. The van der Waals surface area contributed by atoms with Crippen molar-refractivity contribution in [3.63, 3.8) is 0 Å².